The highest BCUT2D eigenvalue weighted by Crippen LogP contribution is 2.30. The van der Waals surface area contributed by atoms with Crippen LogP contribution in [0.2, 0.25) is 0 Å². The number of aryl methyl sites for hydroxylation is 1. The third kappa shape index (κ3) is 3.42. The Balaban J connectivity index is 2.22. The van der Waals surface area contributed by atoms with Crippen molar-refractivity contribution in [1.82, 2.24) is 0 Å². The van der Waals surface area contributed by atoms with Crippen LogP contribution in [0.5, 0.6) is 0 Å². The molecule has 0 fully saturated rings. The molecule has 0 bridgehead atoms. The first kappa shape index (κ1) is 13.8. The topological polar surface area (TPSA) is 0 Å². The molecule has 0 saturated carbocycles. The van der Waals surface area contributed by atoms with E-state index in [9.17, 15) is 4.39 Å². The molecule has 0 aliphatic carbocycles. The van der Waals surface area contributed by atoms with E-state index in [1.165, 1.54) is 11.6 Å². The van der Waals surface area contributed by atoms with Crippen LogP contribution in [-0.4, -0.2) is 0 Å². The lowest BCUT2D eigenvalue weighted by Crippen LogP contribution is -1.98. The van der Waals surface area contributed by atoms with Crippen molar-refractivity contribution in [3.05, 3.63) is 69.4 Å². The maximum absolute atomic E-state index is 13.6. The molecule has 0 saturated heterocycles. The summed E-state index contributed by atoms with van der Waals surface area (Å²) in [5.41, 5.74) is 3.08. The van der Waals surface area contributed by atoms with Crippen LogP contribution in [0.25, 0.3) is 0 Å². The molecule has 0 radical (unpaired) electrons. The summed E-state index contributed by atoms with van der Waals surface area (Å²) in [5.74, 6) is -0.145. The standard InChI is InChI=1S/C15H13Br2F/c1-10-6-12(8-13(16)7-10)14(17)9-11-4-2-3-5-15(11)18/h2-8,14H,9H2,1H3. The normalized spacial score (nSPS) is 12.4. The number of benzene rings is 2. The predicted molar refractivity (Wildman–Crippen MR) is 80.7 cm³/mol. The van der Waals surface area contributed by atoms with Gasteiger partial charge >= 0.3 is 0 Å². The van der Waals surface area contributed by atoms with E-state index in [-0.39, 0.29) is 10.6 Å². The Kier molecular flexibility index (Phi) is 4.57. The highest BCUT2D eigenvalue weighted by Gasteiger charge is 2.12. The highest BCUT2D eigenvalue weighted by molar-refractivity contribution is 9.10. The maximum Gasteiger partial charge on any atom is 0.126 e. The summed E-state index contributed by atoms with van der Waals surface area (Å²) in [6.45, 7) is 2.05. The molecule has 2 aromatic carbocycles. The minimum Gasteiger partial charge on any atom is -0.207 e. The number of alkyl halides is 1. The van der Waals surface area contributed by atoms with E-state index >= 15 is 0 Å². The Morgan fingerprint density at radius 1 is 1.17 bits per heavy atom. The molecule has 0 nitrogen and oxygen atoms in total. The highest BCUT2D eigenvalue weighted by atomic mass is 79.9. The van der Waals surface area contributed by atoms with E-state index in [1.807, 2.05) is 12.1 Å². The van der Waals surface area contributed by atoms with Crippen molar-refractivity contribution in [2.75, 3.05) is 0 Å². The minimum absolute atomic E-state index is 0.116. The second kappa shape index (κ2) is 5.98. The van der Waals surface area contributed by atoms with Gasteiger partial charge in [0.15, 0.2) is 0 Å². The number of rotatable bonds is 3. The van der Waals surface area contributed by atoms with Gasteiger partial charge < -0.3 is 0 Å². The molecule has 1 atom stereocenters. The largest absolute Gasteiger partial charge is 0.207 e. The number of halogens is 3. The van der Waals surface area contributed by atoms with Crippen LogP contribution >= 0.6 is 31.9 Å². The molecule has 3 heteroatoms. The minimum atomic E-state index is -0.145. The van der Waals surface area contributed by atoms with Gasteiger partial charge in [-0.1, -0.05) is 56.1 Å². The molecule has 0 aliphatic heterocycles. The summed E-state index contributed by atoms with van der Waals surface area (Å²) < 4.78 is 14.6. The average Bonchev–Trinajstić information content (AvgIpc) is 2.31. The summed E-state index contributed by atoms with van der Waals surface area (Å²) in [5, 5.41) is 0. The molecule has 1 unspecified atom stereocenters. The van der Waals surface area contributed by atoms with Gasteiger partial charge in [0.05, 0.1) is 0 Å². The molecular weight excluding hydrogens is 359 g/mol. The van der Waals surface area contributed by atoms with Gasteiger partial charge in [-0.25, -0.2) is 4.39 Å². The third-order valence-corrected chi connectivity index (χ3v) is 4.09. The van der Waals surface area contributed by atoms with Crippen LogP contribution in [0.3, 0.4) is 0 Å². The lowest BCUT2D eigenvalue weighted by atomic mass is 10.0. The fraction of sp³-hybridized carbons (Fsp3) is 0.200. The number of hydrogen-bond donors (Lipinski definition) is 0. The summed E-state index contributed by atoms with van der Waals surface area (Å²) in [6, 6.07) is 13.1. The first-order chi connectivity index (χ1) is 8.56. The Morgan fingerprint density at radius 3 is 2.56 bits per heavy atom. The smallest absolute Gasteiger partial charge is 0.126 e. The van der Waals surface area contributed by atoms with E-state index in [0.717, 1.165) is 15.6 Å². The fourth-order valence-corrected chi connectivity index (χ4v) is 3.16. The third-order valence-electron chi connectivity index (χ3n) is 2.78. The monoisotopic (exact) mass is 370 g/mol. The summed E-state index contributed by atoms with van der Waals surface area (Å²) in [6.07, 6.45) is 0.641. The first-order valence-electron chi connectivity index (χ1n) is 5.71. The van der Waals surface area contributed by atoms with Crippen molar-refractivity contribution in [2.45, 2.75) is 18.2 Å². The quantitative estimate of drug-likeness (QED) is 0.618. The van der Waals surface area contributed by atoms with Crippen molar-refractivity contribution in [2.24, 2.45) is 0 Å². The van der Waals surface area contributed by atoms with Gasteiger partial charge in [-0.3, -0.25) is 0 Å². The Labute approximate surface area is 123 Å². The Hall–Kier alpha value is -0.670. The van der Waals surface area contributed by atoms with Gasteiger partial charge in [0.25, 0.3) is 0 Å². The average molecular weight is 372 g/mol. The molecule has 2 rings (SSSR count). The second-order valence-electron chi connectivity index (χ2n) is 4.32. The predicted octanol–water partition coefficient (Wildman–Crippen LogP) is 5.58. The molecule has 18 heavy (non-hydrogen) atoms. The van der Waals surface area contributed by atoms with Crippen LogP contribution in [-0.2, 0) is 6.42 Å². The molecule has 0 N–H and O–H groups in total. The molecule has 0 heterocycles. The summed E-state index contributed by atoms with van der Waals surface area (Å²) >= 11 is 7.12. The van der Waals surface area contributed by atoms with Gasteiger partial charge in [-0.05, 0) is 48.2 Å². The van der Waals surface area contributed by atoms with Gasteiger partial charge in [-0.15, -0.1) is 0 Å². The summed E-state index contributed by atoms with van der Waals surface area (Å²) in [7, 11) is 0. The van der Waals surface area contributed by atoms with Gasteiger partial charge in [0.2, 0.25) is 0 Å². The SMILES string of the molecule is Cc1cc(Br)cc(C(Br)Cc2ccccc2F)c1. The second-order valence-corrected chi connectivity index (χ2v) is 6.35. The van der Waals surface area contributed by atoms with Crippen LogP contribution in [0.15, 0.2) is 46.9 Å². The molecule has 94 valence electrons. The van der Waals surface area contributed by atoms with Crippen molar-refractivity contribution >= 4 is 31.9 Å². The zero-order valence-electron chi connectivity index (χ0n) is 9.96. The molecular formula is C15H13Br2F. The zero-order chi connectivity index (χ0) is 13.1. The van der Waals surface area contributed by atoms with E-state index in [1.54, 1.807) is 6.07 Å². The molecule has 0 aromatic heterocycles. The Morgan fingerprint density at radius 2 is 1.89 bits per heavy atom. The van der Waals surface area contributed by atoms with Crippen molar-refractivity contribution < 1.29 is 4.39 Å². The lowest BCUT2D eigenvalue weighted by Gasteiger charge is -2.12. The maximum atomic E-state index is 13.6. The van der Waals surface area contributed by atoms with Crippen LogP contribution in [0, 0.1) is 12.7 Å². The zero-order valence-corrected chi connectivity index (χ0v) is 13.1. The van der Waals surface area contributed by atoms with Crippen molar-refractivity contribution in [3.63, 3.8) is 0 Å². The molecule has 0 aliphatic rings. The first-order valence-corrected chi connectivity index (χ1v) is 7.41. The van der Waals surface area contributed by atoms with Crippen LogP contribution in [0.1, 0.15) is 21.5 Å². The number of hydrogen-bond acceptors (Lipinski definition) is 0. The van der Waals surface area contributed by atoms with E-state index in [2.05, 4.69) is 57.0 Å². The Bertz CT molecular complexity index is 532. The van der Waals surface area contributed by atoms with Crippen LogP contribution < -0.4 is 0 Å². The van der Waals surface area contributed by atoms with Crippen molar-refractivity contribution in [3.8, 4) is 0 Å². The van der Waals surface area contributed by atoms with Gasteiger partial charge in [0, 0.05) is 9.30 Å². The van der Waals surface area contributed by atoms with E-state index in [4.69, 9.17) is 0 Å². The molecule has 0 amide bonds. The van der Waals surface area contributed by atoms with Gasteiger partial charge in [-0.2, -0.15) is 0 Å². The lowest BCUT2D eigenvalue weighted by molar-refractivity contribution is 0.608. The van der Waals surface area contributed by atoms with E-state index in [0.29, 0.717) is 6.42 Å². The van der Waals surface area contributed by atoms with Crippen molar-refractivity contribution in [1.29, 1.82) is 0 Å². The molecule has 0 spiro atoms. The van der Waals surface area contributed by atoms with Gasteiger partial charge in [0.1, 0.15) is 5.82 Å². The fourth-order valence-electron chi connectivity index (χ4n) is 1.92. The summed E-state index contributed by atoms with van der Waals surface area (Å²) in [4.78, 5) is 0.116. The molecule has 2 aromatic rings. The van der Waals surface area contributed by atoms with E-state index < -0.39 is 0 Å². The van der Waals surface area contributed by atoms with Crippen LogP contribution in [0.4, 0.5) is 4.39 Å².